The first-order chi connectivity index (χ1) is 12.7. The fourth-order valence-corrected chi connectivity index (χ4v) is 2.57. The largest absolute Gasteiger partial charge is 0.490 e. The maximum absolute atomic E-state index is 12.1. The van der Waals surface area contributed by atoms with Crippen molar-refractivity contribution in [1.82, 2.24) is 0 Å². The number of nitrogens with zero attached hydrogens (tertiary/aromatic N) is 1. The highest BCUT2D eigenvalue weighted by Crippen LogP contribution is 2.33. The van der Waals surface area contributed by atoms with E-state index in [0.717, 1.165) is 5.56 Å². The molecular formula is C20H15NO5. The van der Waals surface area contributed by atoms with Gasteiger partial charge in [-0.05, 0) is 42.0 Å². The molecule has 0 fully saturated rings. The Morgan fingerprint density at radius 1 is 1.15 bits per heavy atom. The van der Waals surface area contributed by atoms with Crippen molar-refractivity contribution >= 4 is 17.9 Å². The van der Waals surface area contributed by atoms with Gasteiger partial charge < -0.3 is 18.9 Å². The number of carbonyl (C=O) groups excluding carboxylic acids is 1. The third-order valence-corrected chi connectivity index (χ3v) is 3.77. The van der Waals surface area contributed by atoms with E-state index in [-0.39, 0.29) is 18.4 Å². The lowest BCUT2D eigenvalue weighted by molar-refractivity contribution is -0.129. The van der Waals surface area contributed by atoms with E-state index in [1.54, 1.807) is 30.4 Å². The number of aliphatic imine (C=N–C) groups is 1. The summed E-state index contributed by atoms with van der Waals surface area (Å²) >= 11 is 0. The fraction of sp³-hybridized carbons (Fsp3) is 0.100. The van der Waals surface area contributed by atoms with Crippen LogP contribution in [0.2, 0.25) is 0 Å². The molecule has 0 N–H and O–H groups in total. The highest BCUT2D eigenvalue weighted by atomic mass is 16.7. The van der Waals surface area contributed by atoms with Crippen molar-refractivity contribution in [2.75, 3.05) is 13.4 Å². The van der Waals surface area contributed by atoms with Gasteiger partial charge in [-0.25, -0.2) is 9.79 Å². The molecule has 6 heteroatoms. The van der Waals surface area contributed by atoms with Gasteiger partial charge in [0.25, 0.3) is 0 Å². The zero-order valence-corrected chi connectivity index (χ0v) is 13.8. The summed E-state index contributed by atoms with van der Waals surface area (Å²) in [6.45, 7) is 4.21. The van der Waals surface area contributed by atoms with Gasteiger partial charge in [0.05, 0.1) is 0 Å². The van der Waals surface area contributed by atoms with E-state index in [9.17, 15) is 4.79 Å². The lowest BCUT2D eigenvalue weighted by Crippen LogP contribution is -2.05. The predicted octanol–water partition coefficient (Wildman–Crippen LogP) is 3.32. The van der Waals surface area contributed by atoms with Crippen LogP contribution in [0.25, 0.3) is 6.08 Å². The molecule has 0 atom stereocenters. The average molecular weight is 349 g/mol. The molecule has 26 heavy (non-hydrogen) atoms. The van der Waals surface area contributed by atoms with Gasteiger partial charge in [0.1, 0.15) is 12.4 Å². The average Bonchev–Trinajstić information content (AvgIpc) is 3.26. The molecule has 0 unspecified atom stereocenters. The predicted molar refractivity (Wildman–Crippen MR) is 95.3 cm³/mol. The normalized spacial score (nSPS) is 16.4. The number of rotatable bonds is 5. The number of ether oxygens (including phenoxy) is 4. The Bertz CT molecular complexity index is 945. The summed E-state index contributed by atoms with van der Waals surface area (Å²) in [5.41, 5.74) is 1.65. The van der Waals surface area contributed by atoms with E-state index in [1.165, 1.54) is 0 Å². The van der Waals surface area contributed by atoms with Gasteiger partial charge in [-0.15, -0.1) is 0 Å². The van der Waals surface area contributed by atoms with E-state index in [1.807, 2.05) is 24.3 Å². The Morgan fingerprint density at radius 3 is 2.92 bits per heavy atom. The number of cyclic esters (lactones) is 1. The van der Waals surface area contributed by atoms with Crippen LogP contribution < -0.4 is 14.2 Å². The Kier molecular flexibility index (Phi) is 4.15. The molecule has 0 spiro atoms. The number of fused-ring (bicyclic) bond motifs is 1. The second-order valence-corrected chi connectivity index (χ2v) is 5.58. The molecule has 130 valence electrons. The molecule has 0 aliphatic carbocycles. The molecule has 2 aromatic rings. The Balaban J connectivity index is 1.60. The van der Waals surface area contributed by atoms with Gasteiger partial charge in [-0.3, -0.25) is 0 Å². The number of hydrogen-bond donors (Lipinski definition) is 0. The summed E-state index contributed by atoms with van der Waals surface area (Å²) in [7, 11) is 0. The van der Waals surface area contributed by atoms with Crippen LogP contribution in [0.1, 0.15) is 11.1 Å². The molecule has 6 nitrogen and oxygen atoms in total. The molecule has 0 bridgehead atoms. The standard InChI is InChI=1S/C20H15NO5/c1-2-8-23-15-5-3-4-13(9-15)10-16-20(22)26-19(21-16)14-6-7-17-18(11-14)25-12-24-17/h2-7,9-11H,1,8,12H2. The monoisotopic (exact) mass is 349 g/mol. The minimum atomic E-state index is -0.505. The summed E-state index contributed by atoms with van der Waals surface area (Å²) in [5, 5.41) is 0. The van der Waals surface area contributed by atoms with E-state index in [4.69, 9.17) is 18.9 Å². The highest BCUT2D eigenvalue weighted by Gasteiger charge is 2.25. The summed E-state index contributed by atoms with van der Waals surface area (Å²) < 4.78 is 21.4. The Hall–Kier alpha value is -3.54. The maximum atomic E-state index is 12.1. The summed E-state index contributed by atoms with van der Waals surface area (Å²) in [5.74, 6) is 1.68. The molecule has 2 aromatic carbocycles. The second kappa shape index (κ2) is 6.76. The Labute approximate surface area is 150 Å². The summed E-state index contributed by atoms with van der Waals surface area (Å²) in [6, 6.07) is 12.6. The van der Waals surface area contributed by atoms with Crippen LogP contribution in [0.5, 0.6) is 17.2 Å². The lowest BCUT2D eigenvalue weighted by atomic mass is 10.2. The van der Waals surface area contributed by atoms with E-state index in [2.05, 4.69) is 11.6 Å². The highest BCUT2D eigenvalue weighted by molar-refractivity contribution is 6.13. The van der Waals surface area contributed by atoms with Crippen molar-refractivity contribution < 1.29 is 23.7 Å². The molecular weight excluding hydrogens is 334 g/mol. The van der Waals surface area contributed by atoms with Gasteiger partial charge in [0.15, 0.2) is 17.2 Å². The number of benzene rings is 2. The van der Waals surface area contributed by atoms with Crippen molar-refractivity contribution in [3.63, 3.8) is 0 Å². The third kappa shape index (κ3) is 3.17. The van der Waals surface area contributed by atoms with Crippen molar-refractivity contribution in [2.24, 2.45) is 4.99 Å². The van der Waals surface area contributed by atoms with Gasteiger partial charge in [0, 0.05) is 5.56 Å². The van der Waals surface area contributed by atoms with Crippen LogP contribution in [-0.4, -0.2) is 25.3 Å². The molecule has 2 heterocycles. The van der Waals surface area contributed by atoms with Gasteiger partial charge >= 0.3 is 5.97 Å². The summed E-state index contributed by atoms with van der Waals surface area (Å²) in [6.07, 6.45) is 3.32. The molecule has 0 saturated carbocycles. The van der Waals surface area contributed by atoms with Crippen molar-refractivity contribution in [2.45, 2.75) is 0 Å². The van der Waals surface area contributed by atoms with Crippen molar-refractivity contribution in [3.8, 4) is 17.2 Å². The minimum absolute atomic E-state index is 0.181. The first kappa shape index (κ1) is 16.0. The number of hydrogen-bond acceptors (Lipinski definition) is 6. The van der Waals surface area contributed by atoms with E-state index in [0.29, 0.717) is 29.4 Å². The number of carbonyl (C=O) groups is 1. The smallest absolute Gasteiger partial charge is 0.363 e. The third-order valence-electron chi connectivity index (χ3n) is 3.77. The maximum Gasteiger partial charge on any atom is 0.363 e. The molecule has 0 aromatic heterocycles. The molecule has 4 rings (SSSR count). The fourth-order valence-electron chi connectivity index (χ4n) is 2.57. The SMILES string of the molecule is C=CCOc1cccc(C=C2N=C(c3ccc4c(c3)OCO4)OC2=O)c1. The van der Waals surface area contributed by atoms with Crippen LogP contribution in [-0.2, 0) is 9.53 Å². The van der Waals surface area contributed by atoms with Gasteiger partial charge in [0.2, 0.25) is 12.7 Å². The quantitative estimate of drug-likeness (QED) is 0.471. The van der Waals surface area contributed by atoms with Crippen LogP contribution in [0.3, 0.4) is 0 Å². The number of esters is 1. The molecule has 0 amide bonds. The van der Waals surface area contributed by atoms with Gasteiger partial charge in [-0.2, -0.15) is 0 Å². The van der Waals surface area contributed by atoms with Crippen LogP contribution in [0.4, 0.5) is 0 Å². The van der Waals surface area contributed by atoms with Crippen LogP contribution in [0.15, 0.2) is 65.8 Å². The van der Waals surface area contributed by atoms with E-state index >= 15 is 0 Å². The van der Waals surface area contributed by atoms with Crippen LogP contribution >= 0.6 is 0 Å². The first-order valence-corrected chi connectivity index (χ1v) is 7.99. The zero-order chi connectivity index (χ0) is 17.9. The molecule has 2 aliphatic heterocycles. The van der Waals surface area contributed by atoms with Crippen molar-refractivity contribution in [1.29, 1.82) is 0 Å². The molecule has 2 aliphatic rings. The zero-order valence-electron chi connectivity index (χ0n) is 13.8. The van der Waals surface area contributed by atoms with Crippen molar-refractivity contribution in [3.05, 3.63) is 71.9 Å². The van der Waals surface area contributed by atoms with Crippen LogP contribution in [0, 0.1) is 0 Å². The summed E-state index contributed by atoms with van der Waals surface area (Å²) in [4.78, 5) is 16.5. The topological polar surface area (TPSA) is 66.3 Å². The molecule has 0 radical (unpaired) electrons. The lowest BCUT2D eigenvalue weighted by Gasteiger charge is -2.03. The molecule has 0 saturated heterocycles. The minimum Gasteiger partial charge on any atom is -0.490 e. The van der Waals surface area contributed by atoms with Gasteiger partial charge in [-0.1, -0.05) is 24.8 Å². The van der Waals surface area contributed by atoms with E-state index < -0.39 is 5.97 Å². The Morgan fingerprint density at radius 2 is 2.04 bits per heavy atom. The first-order valence-electron chi connectivity index (χ1n) is 7.99. The second-order valence-electron chi connectivity index (χ2n) is 5.58.